The second kappa shape index (κ2) is 50.2. The van der Waals surface area contributed by atoms with Crippen LogP contribution < -0.4 is 10.6 Å². The van der Waals surface area contributed by atoms with E-state index < -0.39 is 174 Å². The lowest BCUT2D eigenvalue weighted by Crippen LogP contribution is -2.70. The Morgan fingerprint density at radius 2 is 0.758 bits per heavy atom. The molecule has 0 aromatic rings. The Balaban J connectivity index is 1.28. The molecular formula is C70H130N2O23. The summed E-state index contributed by atoms with van der Waals surface area (Å²) >= 11 is 0. The van der Waals surface area contributed by atoms with Crippen LogP contribution >= 0.6 is 0 Å². The molecule has 15 N–H and O–H groups in total. The van der Waals surface area contributed by atoms with Crippen molar-refractivity contribution in [3.8, 4) is 0 Å². The average molecular weight is 1370 g/mol. The highest BCUT2D eigenvalue weighted by atomic mass is 16.8. The van der Waals surface area contributed by atoms with Crippen LogP contribution in [0.15, 0.2) is 12.2 Å². The monoisotopic (exact) mass is 1370 g/mol. The minimum atomic E-state index is -2.10. The SMILES string of the molecule is CCCCCCCCCCCCC/C=C/[C@@H](O)[C@H](CO[C@@H]1OC(CO)[C@@H](O[C@@H]2OC(CO)[C@H](O[C@@H]3OC(CO)[C@H](O)[C@H](O[C@@H]4OC(CO)[C@H](O)[C@H](O)C4O)C3NC(C)=O)[C@H](O)C2O)[C@H](O)C1O)NC(=O)CCCCCCCCCCCCCCCCCCCCCCCCC. The molecule has 4 aliphatic heterocycles. The molecule has 0 aromatic heterocycles. The van der Waals surface area contributed by atoms with Crippen molar-refractivity contribution in [2.75, 3.05) is 33.0 Å². The Morgan fingerprint density at radius 3 is 1.19 bits per heavy atom. The number of carbonyl (C=O) groups is 2. The number of unbranched alkanes of at least 4 members (excludes halogenated alkanes) is 33. The summed E-state index contributed by atoms with van der Waals surface area (Å²) in [7, 11) is 0. The maximum absolute atomic E-state index is 13.5. The lowest BCUT2D eigenvalue weighted by atomic mass is 9.94. The van der Waals surface area contributed by atoms with Gasteiger partial charge in [0.1, 0.15) is 97.6 Å². The fourth-order valence-corrected chi connectivity index (χ4v) is 13.1. The summed E-state index contributed by atoms with van der Waals surface area (Å²) in [5.74, 6) is -1.06. The fourth-order valence-electron chi connectivity index (χ4n) is 13.1. The Labute approximate surface area is 566 Å². The Kier molecular flexibility index (Phi) is 45.1. The summed E-state index contributed by atoms with van der Waals surface area (Å²) in [6, 6.07) is -2.62. The van der Waals surface area contributed by atoms with Crippen LogP contribution in [0.1, 0.15) is 252 Å². The highest BCUT2D eigenvalue weighted by Crippen LogP contribution is 2.35. The van der Waals surface area contributed by atoms with Crippen LogP contribution in [0.3, 0.4) is 0 Å². The van der Waals surface area contributed by atoms with Crippen molar-refractivity contribution in [2.45, 2.75) is 387 Å². The molecule has 0 radical (unpaired) electrons. The number of aliphatic hydroxyl groups excluding tert-OH is 13. The van der Waals surface area contributed by atoms with E-state index in [1.54, 1.807) is 6.08 Å². The topological polar surface area (TPSA) is 395 Å². The molecule has 22 atom stereocenters. The average Bonchev–Trinajstić information content (AvgIpc) is 0.779. The molecule has 25 nitrogen and oxygen atoms in total. The fraction of sp³-hybridized carbons (Fsp3) is 0.943. The summed E-state index contributed by atoms with van der Waals surface area (Å²) < 4.78 is 46.8. The van der Waals surface area contributed by atoms with Crippen molar-refractivity contribution in [1.29, 1.82) is 0 Å². The summed E-state index contributed by atoms with van der Waals surface area (Å²) in [6.07, 6.45) is 11.4. The Hall–Kier alpha value is -2.16. The van der Waals surface area contributed by atoms with Crippen LogP contribution in [0.25, 0.3) is 0 Å². The van der Waals surface area contributed by atoms with Gasteiger partial charge >= 0.3 is 0 Å². The number of aliphatic hydroxyl groups is 13. The van der Waals surface area contributed by atoms with Gasteiger partial charge in [-0.3, -0.25) is 9.59 Å². The molecule has 0 aromatic carbocycles. The maximum atomic E-state index is 13.5. The van der Waals surface area contributed by atoms with Crippen LogP contribution in [0.4, 0.5) is 0 Å². The third-order valence-corrected chi connectivity index (χ3v) is 19.1. The number of nitrogens with one attached hydrogen (secondary N) is 2. The number of allylic oxidation sites excluding steroid dienone is 1. The van der Waals surface area contributed by atoms with Crippen LogP contribution in [-0.2, 0) is 47.5 Å². The zero-order valence-electron chi connectivity index (χ0n) is 57.7. The molecule has 0 spiro atoms. The van der Waals surface area contributed by atoms with Gasteiger partial charge < -0.3 is 115 Å². The predicted molar refractivity (Wildman–Crippen MR) is 354 cm³/mol. The molecule has 95 heavy (non-hydrogen) atoms. The first-order chi connectivity index (χ1) is 46.0. The van der Waals surface area contributed by atoms with E-state index in [9.17, 15) is 76.0 Å². The van der Waals surface area contributed by atoms with E-state index in [1.807, 2.05) is 6.08 Å². The molecule has 4 saturated heterocycles. The van der Waals surface area contributed by atoms with Crippen molar-refractivity contribution in [1.82, 2.24) is 10.6 Å². The van der Waals surface area contributed by atoms with Crippen molar-refractivity contribution in [3.05, 3.63) is 12.2 Å². The van der Waals surface area contributed by atoms with Crippen LogP contribution in [-0.4, -0.2) is 246 Å². The third kappa shape index (κ3) is 30.9. The largest absolute Gasteiger partial charge is 0.394 e. The molecule has 4 aliphatic rings. The van der Waals surface area contributed by atoms with Crippen molar-refractivity contribution in [3.63, 3.8) is 0 Å². The maximum Gasteiger partial charge on any atom is 0.220 e. The smallest absolute Gasteiger partial charge is 0.220 e. The van der Waals surface area contributed by atoms with Gasteiger partial charge in [-0.05, 0) is 19.3 Å². The van der Waals surface area contributed by atoms with Gasteiger partial charge in [0.15, 0.2) is 25.2 Å². The highest BCUT2D eigenvalue weighted by molar-refractivity contribution is 5.76. The molecule has 25 heteroatoms. The molecule has 4 rings (SSSR count). The standard InChI is InChI=1S/C70H130N2O23/c1-4-6-8-10-12-14-16-18-19-20-21-22-23-24-25-26-27-29-31-33-35-37-39-41-54(79)72-48(49(78)40-38-36-34-32-30-28-17-15-13-11-9-7-5-2)46-88-68-62(86)59(83)65(52(44-75)91-68)94-70-63(87)60(84)64(53(45-76)92-70)93-67-55(71-47(3)77)66(57(81)51(43-74)89-67)95-69-61(85)58(82)56(80)50(42-73)90-69/h38,40,48-53,55-70,73-76,78,80-87H,4-37,39,41-46H2,1-3H3,(H,71,77)(H,72,79)/b40-38+/t48-,49+,50?,51?,52?,53?,55?,56-,57-,58-,59+,60+,61?,62?,63?,64-,65+,66+,67-,68+,69-,70-/m0/s1. The number of ether oxygens (including phenoxy) is 8. The quantitative estimate of drug-likeness (QED) is 0.0284. The van der Waals surface area contributed by atoms with Gasteiger partial charge in [-0.1, -0.05) is 231 Å². The normalized spacial score (nSPS) is 32.0. The summed E-state index contributed by atoms with van der Waals surface area (Å²) in [4.78, 5) is 26.1. The van der Waals surface area contributed by atoms with E-state index in [4.69, 9.17) is 37.9 Å². The van der Waals surface area contributed by atoms with E-state index in [1.165, 1.54) is 173 Å². The van der Waals surface area contributed by atoms with Gasteiger partial charge in [0.25, 0.3) is 0 Å². The van der Waals surface area contributed by atoms with Crippen molar-refractivity contribution in [2.24, 2.45) is 0 Å². The second-order valence-electron chi connectivity index (χ2n) is 27.1. The highest BCUT2D eigenvalue weighted by Gasteiger charge is 2.56. The summed E-state index contributed by atoms with van der Waals surface area (Å²) in [5, 5.41) is 147. The number of hydrogen-bond donors (Lipinski definition) is 15. The molecular weight excluding hydrogens is 1240 g/mol. The zero-order valence-corrected chi connectivity index (χ0v) is 57.7. The van der Waals surface area contributed by atoms with E-state index in [0.29, 0.717) is 12.8 Å². The van der Waals surface area contributed by atoms with E-state index in [0.717, 1.165) is 45.4 Å². The second-order valence-corrected chi connectivity index (χ2v) is 27.1. The van der Waals surface area contributed by atoms with Crippen molar-refractivity contribution < 1.29 is 114 Å². The van der Waals surface area contributed by atoms with Crippen LogP contribution in [0.2, 0.25) is 0 Å². The number of hydrogen-bond acceptors (Lipinski definition) is 23. The zero-order chi connectivity index (χ0) is 69.3. The molecule has 8 unspecified atom stereocenters. The van der Waals surface area contributed by atoms with Crippen molar-refractivity contribution >= 4 is 11.8 Å². The number of carbonyl (C=O) groups excluding carboxylic acids is 2. The minimum Gasteiger partial charge on any atom is -0.394 e. The predicted octanol–water partition coefficient (Wildman–Crippen LogP) is 4.90. The minimum absolute atomic E-state index is 0.218. The lowest BCUT2D eigenvalue weighted by Gasteiger charge is -2.50. The summed E-state index contributed by atoms with van der Waals surface area (Å²) in [6.45, 7) is 1.63. The van der Waals surface area contributed by atoms with Gasteiger partial charge in [-0.2, -0.15) is 0 Å². The van der Waals surface area contributed by atoms with Gasteiger partial charge in [0, 0.05) is 13.3 Å². The van der Waals surface area contributed by atoms with E-state index >= 15 is 0 Å². The number of amides is 2. The lowest BCUT2D eigenvalue weighted by molar-refractivity contribution is -0.380. The van der Waals surface area contributed by atoms with E-state index in [-0.39, 0.29) is 12.3 Å². The Bertz CT molecular complexity index is 1960. The number of rotatable bonds is 53. The molecule has 558 valence electrons. The van der Waals surface area contributed by atoms with Gasteiger partial charge in [-0.25, -0.2) is 0 Å². The first-order valence-electron chi connectivity index (χ1n) is 36.9. The molecule has 4 heterocycles. The first-order valence-corrected chi connectivity index (χ1v) is 36.9. The van der Waals surface area contributed by atoms with Gasteiger partial charge in [-0.15, -0.1) is 0 Å². The van der Waals surface area contributed by atoms with E-state index in [2.05, 4.69) is 24.5 Å². The third-order valence-electron chi connectivity index (χ3n) is 19.1. The molecule has 2 amide bonds. The van der Waals surface area contributed by atoms with Gasteiger partial charge in [0.05, 0.1) is 45.2 Å². The molecule has 0 bridgehead atoms. The molecule has 0 saturated carbocycles. The summed E-state index contributed by atoms with van der Waals surface area (Å²) in [5.41, 5.74) is 0. The Morgan fingerprint density at radius 1 is 0.411 bits per heavy atom. The van der Waals surface area contributed by atoms with Gasteiger partial charge in [0.2, 0.25) is 11.8 Å². The molecule has 0 aliphatic carbocycles. The molecule has 4 fully saturated rings. The van der Waals surface area contributed by atoms with Crippen LogP contribution in [0.5, 0.6) is 0 Å². The first kappa shape index (κ1) is 85.3. The van der Waals surface area contributed by atoms with Crippen LogP contribution in [0, 0.1) is 0 Å².